The molecule has 0 fully saturated rings. The average Bonchev–Trinajstić information content (AvgIpc) is 2.76. The first kappa shape index (κ1) is 23.5. The summed E-state index contributed by atoms with van der Waals surface area (Å²) in [4.78, 5) is 0.186. The number of thiocarbonyl (C=S) groups is 1. The summed E-state index contributed by atoms with van der Waals surface area (Å²) in [5.41, 5.74) is 1.33. The highest BCUT2D eigenvalue weighted by Gasteiger charge is 2.17. The number of ether oxygens (including phenoxy) is 2. The van der Waals surface area contributed by atoms with Gasteiger partial charge < -0.3 is 20.1 Å². The van der Waals surface area contributed by atoms with Gasteiger partial charge in [0.1, 0.15) is 17.2 Å². The first-order valence-corrected chi connectivity index (χ1v) is 11.7. The standard InChI is InChI=1S/C23H25N3O4S2/c1-4-29-19-12-14-21(15-13-19)30-20-10-8-17(9-11-20)24-23(31)25-18-6-5-7-22(16-18)32(27,28)26(2)3/h5-16H,4H2,1-3H3,(H2,24,25,31). The van der Waals surface area contributed by atoms with Gasteiger partial charge in [-0.15, -0.1) is 0 Å². The maximum atomic E-state index is 12.3. The Kier molecular flexibility index (Phi) is 7.68. The molecule has 7 nitrogen and oxygen atoms in total. The molecule has 2 N–H and O–H groups in total. The molecule has 3 rings (SSSR count). The predicted octanol–water partition coefficient (Wildman–Crippen LogP) is 4.94. The number of rotatable bonds is 8. The van der Waals surface area contributed by atoms with Gasteiger partial charge in [0.2, 0.25) is 10.0 Å². The van der Waals surface area contributed by atoms with E-state index in [-0.39, 0.29) is 4.90 Å². The fourth-order valence-electron chi connectivity index (χ4n) is 2.75. The van der Waals surface area contributed by atoms with E-state index in [0.29, 0.717) is 28.9 Å². The first-order valence-electron chi connectivity index (χ1n) is 9.89. The van der Waals surface area contributed by atoms with Crippen LogP contribution in [0.1, 0.15) is 6.92 Å². The van der Waals surface area contributed by atoms with Crippen LogP contribution >= 0.6 is 12.2 Å². The topological polar surface area (TPSA) is 79.9 Å². The molecule has 0 aliphatic heterocycles. The lowest BCUT2D eigenvalue weighted by Crippen LogP contribution is -2.23. The molecular formula is C23H25N3O4S2. The maximum absolute atomic E-state index is 12.3. The van der Waals surface area contributed by atoms with Crippen LogP contribution in [0, 0.1) is 0 Å². The summed E-state index contributed by atoms with van der Waals surface area (Å²) in [6, 6.07) is 21.2. The molecule has 9 heteroatoms. The quantitative estimate of drug-likeness (QED) is 0.451. The average molecular weight is 472 g/mol. The molecule has 168 valence electrons. The van der Waals surface area contributed by atoms with Crippen molar-refractivity contribution in [1.29, 1.82) is 0 Å². The molecule has 0 atom stereocenters. The van der Waals surface area contributed by atoms with Gasteiger partial charge in [0.25, 0.3) is 0 Å². The molecule has 0 aliphatic rings. The third kappa shape index (κ3) is 6.19. The zero-order valence-electron chi connectivity index (χ0n) is 18.0. The summed E-state index contributed by atoms with van der Waals surface area (Å²) in [7, 11) is -0.539. The van der Waals surface area contributed by atoms with Gasteiger partial charge in [0, 0.05) is 25.5 Å². The SMILES string of the molecule is CCOc1ccc(Oc2ccc(NC(=S)Nc3cccc(S(=O)(=O)N(C)C)c3)cc2)cc1. The van der Waals surface area contributed by atoms with Crippen LogP contribution in [0.2, 0.25) is 0 Å². The molecule has 0 amide bonds. The minimum atomic E-state index is -3.52. The molecule has 0 heterocycles. The lowest BCUT2D eigenvalue weighted by atomic mass is 10.3. The summed E-state index contributed by atoms with van der Waals surface area (Å²) >= 11 is 5.35. The van der Waals surface area contributed by atoms with Crippen molar-refractivity contribution in [2.75, 3.05) is 31.3 Å². The van der Waals surface area contributed by atoms with Gasteiger partial charge in [-0.25, -0.2) is 12.7 Å². The molecule has 0 saturated heterocycles. The zero-order chi connectivity index (χ0) is 23.1. The predicted molar refractivity (Wildman–Crippen MR) is 131 cm³/mol. The Morgan fingerprint density at radius 3 is 2.03 bits per heavy atom. The molecule has 0 unspecified atom stereocenters. The fourth-order valence-corrected chi connectivity index (χ4v) is 3.94. The summed E-state index contributed by atoms with van der Waals surface area (Å²) in [5.74, 6) is 2.18. The largest absolute Gasteiger partial charge is 0.494 e. The van der Waals surface area contributed by atoms with Crippen LogP contribution in [0.15, 0.2) is 77.7 Å². The summed E-state index contributed by atoms with van der Waals surface area (Å²) in [5, 5.41) is 6.42. The van der Waals surface area contributed by atoms with E-state index < -0.39 is 10.0 Å². The van der Waals surface area contributed by atoms with Gasteiger partial charge in [-0.1, -0.05) is 6.07 Å². The Hall–Kier alpha value is -3.14. The minimum Gasteiger partial charge on any atom is -0.494 e. The van der Waals surface area contributed by atoms with Crippen molar-refractivity contribution in [2.24, 2.45) is 0 Å². The molecular weight excluding hydrogens is 446 g/mol. The Morgan fingerprint density at radius 2 is 1.44 bits per heavy atom. The highest BCUT2D eigenvalue weighted by atomic mass is 32.2. The molecule has 3 aromatic carbocycles. The van der Waals surface area contributed by atoms with Crippen LogP contribution in [0.25, 0.3) is 0 Å². The van der Waals surface area contributed by atoms with E-state index >= 15 is 0 Å². The van der Waals surface area contributed by atoms with E-state index in [1.54, 1.807) is 18.2 Å². The fraction of sp³-hybridized carbons (Fsp3) is 0.174. The van der Waals surface area contributed by atoms with Gasteiger partial charge >= 0.3 is 0 Å². The van der Waals surface area contributed by atoms with Crippen LogP contribution in [-0.2, 0) is 10.0 Å². The number of anilines is 2. The second-order valence-electron chi connectivity index (χ2n) is 6.93. The van der Waals surface area contributed by atoms with Gasteiger partial charge in [0.05, 0.1) is 11.5 Å². The van der Waals surface area contributed by atoms with Crippen LogP contribution in [0.3, 0.4) is 0 Å². The Morgan fingerprint density at radius 1 is 0.875 bits per heavy atom. The van der Waals surface area contributed by atoms with Crippen LogP contribution in [0.4, 0.5) is 11.4 Å². The summed E-state index contributed by atoms with van der Waals surface area (Å²) in [6.45, 7) is 2.56. The van der Waals surface area contributed by atoms with Crippen molar-refractivity contribution < 1.29 is 17.9 Å². The number of hydrogen-bond donors (Lipinski definition) is 2. The van der Waals surface area contributed by atoms with E-state index in [1.807, 2.05) is 55.5 Å². The first-order chi connectivity index (χ1) is 15.3. The van der Waals surface area contributed by atoms with Crippen molar-refractivity contribution in [1.82, 2.24) is 4.31 Å². The second-order valence-corrected chi connectivity index (χ2v) is 9.49. The lowest BCUT2D eigenvalue weighted by Gasteiger charge is -2.14. The van der Waals surface area contributed by atoms with Gasteiger partial charge in [-0.05, 0) is 85.9 Å². The normalized spacial score (nSPS) is 11.1. The van der Waals surface area contributed by atoms with Crippen molar-refractivity contribution >= 4 is 38.7 Å². The van der Waals surface area contributed by atoms with E-state index in [2.05, 4.69) is 10.6 Å². The maximum Gasteiger partial charge on any atom is 0.242 e. The molecule has 0 spiro atoms. The smallest absolute Gasteiger partial charge is 0.242 e. The Labute approximate surface area is 194 Å². The van der Waals surface area contributed by atoms with Crippen molar-refractivity contribution in [3.8, 4) is 17.2 Å². The van der Waals surface area contributed by atoms with Gasteiger partial charge in [-0.2, -0.15) is 0 Å². The van der Waals surface area contributed by atoms with Crippen molar-refractivity contribution in [2.45, 2.75) is 11.8 Å². The Bertz CT molecular complexity index is 1160. The lowest BCUT2D eigenvalue weighted by molar-refractivity contribution is 0.339. The van der Waals surface area contributed by atoms with Crippen LogP contribution in [-0.4, -0.2) is 38.5 Å². The number of hydrogen-bond acceptors (Lipinski definition) is 5. The second kappa shape index (κ2) is 10.4. The minimum absolute atomic E-state index is 0.186. The highest BCUT2D eigenvalue weighted by Crippen LogP contribution is 2.25. The van der Waals surface area contributed by atoms with Crippen molar-refractivity contribution in [3.05, 3.63) is 72.8 Å². The molecule has 3 aromatic rings. The molecule has 32 heavy (non-hydrogen) atoms. The number of sulfonamides is 1. The monoisotopic (exact) mass is 471 g/mol. The van der Waals surface area contributed by atoms with Crippen molar-refractivity contribution in [3.63, 3.8) is 0 Å². The zero-order valence-corrected chi connectivity index (χ0v) is 19.7. The van der Waals surface area contributed by atoms with E-state index in [9.17, 15) is 8.42 Å². The summed E-state index contributed by atoms with van der Waals surface area (Å²) in [6.07, 6.45) is 0. The Balaban J connectivity index is 1.59. The van der Waals surface area contributed by atoms with Gasteiger partial charge in [-0.3, -0.25) is 0 Å². The van der Waals surface area contributed by atoms with Crippen LogP contribution < -0.4 is 20.1 Å². The molecule has 0 aromatic heterocycles. The van der Waals surface area contributed by atoms with E-state index in [1.165, 1.54) is 24.5 Å². The third-order valence-corrected chi connectivity index (χ3v) is 6.37. The molecule has 0 aliphatic carbocycles. The number of benzene rings is 3. The number of nitrogens with zero attached hydrogens (tertiary/aromatic N) is 1. The third-order valence-electron chi connectivity index (χ3n) is 4.35. The number of nitrogens with one attached hydrogen (secondary N) is 2. The highest BCUT2D eigenvalue weighted by molar-refractivity contribution is 7.89. The molecule has 0 radical (unpaired) electrons. The van der Waals surface area contributed by atoms with E-state index in [4.69, 9.17) is 21.7 Å². The van der Waals surface area contributed by atoms with Gasteiger partial charge in [0.15, 0.2) is 5.11 Å². The van der Waals surface area contributed by atoms with Crippen LogP contribution in [0.5, 0.6) is 17.2 Å². The molecule has 0 bridgehead atoms. The molecule has 0 saturated carbocycles. The van der Waals surface area contributed by atoms with E-state index in [0.717, 1.165) is 11.4 Å². The summed E-state index contributed by atoms with van der Waals surface area (Å²) < 4.78 is 37.0.